The first-order chi connectivity index (χ1) is 16.1. The van der Waals surface area contributed by atoms with Gasteiger partial charge in [0, 0.05) is 19.6 Å². The fourth-order valence-corrected chi connectivity index (χ4v) is 5.02. The molecule has 2 aromatic carbocycles. The van der Waals surface area contributed by atoms with E-state index in [1.165, 1.54) is 6.07 Å². The van der Waals surface area contributed by atoms with E-state index in [-0.39, 0.29) is 29.5 Å². The molecule has 1 heterocycles. The molecule has 33 heavy (non-hydrogen) atoms. The van der Waals surface area contributed by atoms with Gasteiger partial charge in [-0.1, -0.05) is 30.7 Å². The summed E-state index contributed by atoms with van der Waals surface area (Å²) >= 11 is 0. The molecule has 2 aliphatic rings. The van der Waals surface area contributed by atoms with Crippen molar-refractivity contribution < 1.29 is 18.7 Å². The molecule has 4 rings (SSSR count). The molecule has 5 nitrogen and oxygen atoms in total. The summed E-state index contributed by atoms with van der Waals surface area (Å²) in [5.74, 6) is -0.217. The monoisotopic (exact) mass is 452 g/mol. The smallest absolute Gasteiger partial charge is 0.257 e. The van der Waals surface area contributed by atoms with Crippen LogP contribution in [-0.4, -0.2) is 53.4 Å². The van der Waals surface area contributed by atoms with E-state index >= 15 is 0 Å². The lowest BCUT2D eigenvalue weighted by Gasteiger charge is -2.40. The number of benzene rings is 2. The largest absolute Gasteiger partial charge is 0.487 e. The molecule has 2 amide bonds. The molecule has 0 saturated heterocycles. The lowest BCUT2D eigenvalue weighted by molar-refractivity contribution is 0.0269. The zero-order chi connectivity index (χ0) is 23.2. The number of fused-ring (bicyclic) bond motifs is 2. The van der Waals surface area contributed by atoms with E-state index in [0.29, 0.717) is 30.9 Å². The van der Waals surface area contributed by atoms with Crippen molar-refractivity contribution in [3.63, 3.8) is 0 Å². The van der Waals surface area contributed by atoms with Crippen molar-refractivity contribution in [2.75, 3.05) is 19.6 Å². The van der Waals surface area contributed by atoms with E-state index in [1.807, 2.05) is 41.0 Å². The average Bonchev–Trinajstić information content (AvgIpc) is 2.85. The molecule has 1 fully saturated rings. The van der Waals surface area contributed by atoms with Gasteiger partial charge in [0.15, 0.2) is 0 Å². The first-order valence-corrected chi connectivity index (χ1v) is 12.2. The first kappa shape index (κ1) is 23.3. The summed E-state index contributed by atoms with van der Waals surface area (Å²) in [6.07, 6.45) is 5.92. The van der Waals surface area contributed by atoms with Crippen LogP contribution in [0.5, 0.6) is 5.75 Å². The number of carbonyl (C=O) groups excluding carboxylic acids is 2. The molecule has 0 aromatic heterocycles. The van der Waals surface area contributed by atoms with E-state index in [0.717, 1.165) is 44.9 Å². The number of halogens is 1. The van der Waals surface area contributed by atoms with Crippen molar-refractivity contribution in [3.8, 4) is 5.75 Å². The van der Waals surface area contributed by atoms with Gasteiger partial charge >= 0.3 is 0 Å². The Bertz CT molecular complexity index is 979. The zero-order valence-corrected chi connectivity index (χ0v) is 19.3. The molecule has 1 aliphatic heterocycles. The number of nitrogens with zero attached hydrogens (tertiary/aromatic N) is 2. The quantitative estimate of drug-likeness (QED) is 0.621. The van der Waals surface area contributed by atoms with Crippen LogP contribution in [0.4, 0.5) is 4.39 Å². The first-order valence-electron chi connectivity index (χ1n) is 12.2. The fourth-order valence-electron chi connectivity index (χ4n) is 5.02. The second kappa shape index (κ2) is 10.8. The molecule has 2 aromatic rings. The van der Waals surface area contributed by atoms with Crippen LogP contribution in [0, 0.1) is 5.82 Å². The molecular formula is C27H33FN2O3. The Morgan fingerprint density at radius 2 is 1.70 bits per heavy atom. The molecule has 0 radical (unpaired) electrons. The maximum absolute atomic E-state index is 14.5. The highest BCUT2D eigenvalue weighted by molar-refractivity contribution is 5.97. The molecule has 2 atom stereocenters. The van der Waals surface area contributed by atoms with Crippen LogP contribution >= 0.6 is 0 Å². The Morgan fingerprint density at radius 3 is 2.52 bits per heavy atom. The summed E-state index contributed by atoms with van der Waals surface area (Å²) in [6, 6.07) is 13.4. The highest BCUT2D eigenvalue weighted by Gasteiger charge is 2.36. The predicted octanol–water partition coefficient (Wildman–Crippen LogP) is 5.30. The van der Waals surface area contributed by atoms with Crippen molar-refractivity contribution in [1.82, 2.24) is 9.80 Å². The van der Waals surface area contributed by atoms with Gasteiger partial charge in [0.05, 0.1) is 17.2 Å². The van der Waals surface area contributed by atoms with Crippen LogP contribution in [-0.2, 0) is 0 Å². The highest BCUT2D eigenvalue weighted by atomic mass is 19.1. The third kappa shape index (κ3) is 5.21. The maximum atomic E-state index is 14.5. The summed E-state index contributed by atoms with van der Waals surface area (Å²) in [6.45, 7) is 3.85. The van der Waals surface area contributed by atoms with Gasteiger partial charge in [0.2, 0.25) is 0 Å². The van der Waals surface area contributed by atoms with Crippen LogP contribution in [0.3, 0.4) is 0 Å². The van der Waals surface area contributed by atoms with Crippen molar-refractivity contribution in [2.45, 2.75) is 64.0 Å². The minimum atomic E-state index is -0.492. The Morgan fingerprint density at radius 1 is 0.970 bits per heavy atom. The molecule has 0 unspecified atom stereocenters. The number of ether oxygens (including phenoxy) is 1. The van der Waals surface area contributed by atoms with E-state index in [9.17, 15) is 14.0 Å². The molecule has 0 N–H and O–H groups in total. The second-order valence-electron chi connectivity index (χ2n) is 8.93. The van der Waals surface area contributed by atoms with E-state index < -0.39 is 5.82 Å². The lowest BCUT2D eigenvalue weighted by Crippen LogP contribution is -2.51. The van der Waals surface area contributed by atoms with Gasteiger partial charge < -0.3 is 14.5 Å². The van der Waals surface area contributed by atoms with E-state index in [4.69, 9.17) is 4.74 Å². The van der Waals surface area contributed by atoms with Gasteiger partial charge in [-0.05, 0) is 69.7 Å². The standard InChI is InChI=1S/C27H33FN2O3/c1-2-29-18-10-3-11-19-30(27(32)20-12-4-6-14-22(20)28)23-15-7-9-17-25(23)33-24-16-8-5-13-21(24)26(29)31/h4-6,8,12-14,16,23,25H,2-3,7,9-11,15,17-19H2,1H3/t23-,25+/m1/s1. The number of rotatable bonds is 2. The fraction of sp³-hybridized carbons (Fsp3) is 0.481. The average molecular weight is 453 g/mol. The Balaban J connectivity index is 1.70. The summed E-state index contributed by atoms with van der Waals surface area (Å²) in [7, 11) is 0. The zero-order valence-electron chi connectivity index (χ0n) is 19.3. The Hall–Kier alpha value is -2.89. The van der Waals surface area contributed by atoms with Crippen LogP contribution in [0.15, 0.2) is 48.5 Å². The van der Waals surface area contributed by atoms with Crippen molar-refractivity contribution in [1.29, 1.82) is 0 Å². The Kier molecular flexibility index (Phi) is 7.63. The van der Waals surface area contributed by atoms with Crippen LogP contribution in [0.2, 0.25) is 0 Å². The van der Waals surface area contributed by atoms with Gasteiger partial charge in [0.25, 0.3) is 11.8 Å². The molecular weight excluding hydrogens is 419 g/mol. The van der Waals surface area contributed by atoms with Gasteiger partial charge in [-0.15, -0.1) is 0 Å². The van der Waals surface area contributed by atoms with Gasteiger partial charge in [-0.25, -0.2) is 4.39 Å². The SMILES string of the molecule is CCN1CCCCCN(C(=O)c2ccccc2F)[C@@H]2CCCC[C@@H]2Oc2ccccc2C1=O. The lowest BCUT2D eigenvalue weighted by atomic mass is 9.90. The van der Waals surface area contributed by atoms with Crippen molar-refractivity contribution >= 4 is 11.8 Å². The minimum absolute atomic E-state index is 0.0148. The van der Waals surface area contributed by atoms with Gasteiger partial charge in [-0.3, -0.25) is 9.59 Å². The Labute approximate surface area is 195 Å². The summed E-state index contributed by atoms with van der Waals surface area (Å²) < 4.78 is 21.0. The van der Waals surface area contributed by atoms with Crippen molar-refractivity contribution in [2.24, 2.45) is 0 Å². The third-order valence-electron chi connectivity index (χ3n) is 6.82. The number of carbonyl (C=O) groups is 2. The molecule has 6 heteroatoms. The molecule has 1 saturated carbocycles. The summed E-state index contributed by atoms with van der Waals surface area (Å²) in [5, 5.41) is 0. The van der Waals surface area contributed by atoms with Crippen LogP contribution in [0.25, 0.3) is 0 Å². The third-order valence-corrected chi connectivity index (χ3v) is 6.82. The number of para-hydroxylation sites is 1. The van der Waals surface area contributed by atoms with Crippen LogP contribution in [0.1, 0.15) is 72.6 Å². The topological polar surface area (TPSA) is 49.9 Å². The molecule has 0 bridgehead atoms. The summed E-state index contributed by atoms with van der Waals surface area (Å²) in [4.78, 5) is 30.5. The number of hydrogen-bond donors (Lipinski definition) is 0. The molecule has 1 aliphatic carbocycles. The molecule has 0 spiro atoms. The van der Waals surface area contributed by atoms with Crippen molar-refractivity contribution in [3.05, 3.63) is 65.5 Å². The number of hydrogen-bond acceptors (Lipinski definition) is 3. The minimum Gasteiger partial charge on any atom is -0.487 e. The summed E-state index contributed by atoms with van der Waals surface area (Å²) in [5.41, 5.74) is 0.675. The van der Waals surface area contributed by atoms with E-state index in [2.05, 4.69) is 0 Å². The van der Waals surface area contributed by atoms with E-state index in [1.54, 1.807) is 18.2 Å². The molecule has 176 valence electrons. The normalized spacial score (nSPS) is 22.2. The predicted molar refractivity (Wildman–Crippen MR) is 126 cm³/mol. The van der Waals surface area contributed by atoms with Crippen LogP contribution < -0.4 is 4.74 Å². The number of amides is 2. The highest BCUT2D eigenvalue weighted by Crippen LogP contribution is 2.31. The van der Waals surface area contributed by atoms with Gasteiger partial charge in [-0.2, -0.15) is 0 Å². The van der Waals surface area contributed by atoms with Gasteiger partial charge in [0.1, 0.15) is 17.7 Å². The second-order valence-corrected chi connectivity index (χ2v) is 8.93. The maximum Gasteiger partial charge on any atom is 0.257 e.